The van der Waals surface area contributed by atoms with E-state index in [1.807, 2.05) is 18.2 Å². The lowest BCUT2D eigenvalue weighted by Crippen LogP contribution is -2.40. The number of hydrogen-bond acceptors (Lipinski definition) is 4. The van der Waals surface area contributed by atoms with Crippen LogP contribution in [-0.2, 0) is 0 Å². The summed E-state index contributed by atoms with van der Waals surface area (Å²) >= 11 is 0. The van der Waals surface area contributed by atoms with Gasteiger partial charge >= 0.3 is 18.7 Å². The minimum atomic E-state index is -4.90. The molecule has 0 spiro atoms. The van der Waals surface area contributed by atoms with Crippen molar-refractivity contribution in [2.45, 2.75) is 49.6 Å². The van der Waals surface area contributed by atoms with Gasteiger partial charge in [-0.1, -0.05) is 36.4 Å². The molecule has 3 aromatic carbocycles. The van der Waals surface area contributed by atoms with Crippen molar-refractivity contribution >= 4 is 0 Å². The van der Waals surface area contributed by atoms with Crippen LogP contribution in [0, 0.1) is 0 Å². The molecule has 204 valence electrons. The second kappa shape index (κ2) is 11.2. The van der Waals surface area contributed by atoms with Gasteiger partial charge in [0.05, 0.1) is 6.04 Å². The van der Waals surface area contributed by atoms with E-state index in [0.29, 0.717) is 23.0 Å². The highest BCUT2D eigenvalue weighted by molar-refractivity contribution is 5.42. The lowest BCUT2D eigenvalue weighted by Gasteiger charge is -2.24. The minimum absolute atomic E-state index is 0.134. The van der Waals surface area contributed by atoms with Crippen LogP contribution in [0.3, 0.4) is 0 Å². The van der Waals surface area contributed by atoms with Gasteiger partial charge in [0.25, 0.3) is 0 Å². The molecule has 1 fully saturated rings. The van der Waals surface area contributed by atoms with Crippen LogP contribution in [0.5, 0.6) is 17.2 Å². The Hall–Kier alpha value is -3.31. The van der Waals surface area contributed by atoms with E-state index in [1.54, 1.807) is 30.3 Å². The number of ether oxygens (including phenoxy) is 2. The van der Waals surface area contributed by atoms with Crippen LogP contribution in [0.1, 0.15) is 41.5 Å². The summed E-state index contributed by atoms with van der Waals surface area (Å²) in [6.45, 7) is -0.930. The molecule has 2 unspecified atom stereocenters. The second-order valence-electron chi connectivity index (χ2n) is 8.96. The minimum Gasteiger partial charge on any atom is -0.457 e. The number of aliphatic hydroxyl groups is 1. The molecule has 0 heterocycles. The predicted molar refractivity (Wildman–Crippen MR) is 125 cm³/mol. The van der Waals surface area contributed by atoms with Gasteiger partial charge in [-0.3, -0.25) is 0 Å². The molecule has 1 aliphatic rings. The number of nitrogens with one attached hydrogen (secondary N) is 1. The first kappa shape index (κ1) is 27.7. The van der Waals surface area contributed by atoms with Gasteiger partial charge in [0.15, 0.2) is 6.10 Å². The molecule has 2 atom stereocenters. The van der Waals surface area contributed by atoms with E-state index < -0.39 is 43.2 Å². The Labute approximate surface area is 214 Å². The van der Waals surface area contributed by atoms with Crippen molar-refractivity contribution in [1.29, 1.82) is 0 Å². The molecule has 0 aliphatic heterocycles. The third kappa shape index (κ3) is 7.16. The van der Waals surface area contributed by atoms with Gasteiger partial charge in [-0.05, 0) is 71.8 Å². The number of aliphatic hydroxyl groups excluding tert-OH is 1. The second-order valence-corrected chi connectivity index (χ2v) is 8.96. The first-order chi connectivity index (χ1) is 17.9. The summed E-state index contributed by atoms with van der Waals surface area (Å²) in [6, 6.07) is 17.5. The molecule has 1 saturated carbocycles. The van der Waals surface area contributed by atoms with Gasteiger partial charge in [-0.25, -0.2) is 0 Å². The van der Waals surface area contributed by atoms with Crippen molar-refractivity contribution in [3.05, 3.63) is 89.5 Å². The summed E-state index contributed by atoms with van der Waals surface area (Å²) < 4.78 is 101. The Morgan fingerprint density at radius 3 is 1.95 bits per heavy atom. The fourth-order valence-electron chi connectivity index (χ4n) is 3.87. The van der Waals surface area contributed by atoms with E-state index in [2.05, 4.69) is 10.1 Å². The van der Waals surface area contributed by atoms with Crippen molar-refractivity contribution in [2.24, 2.45) is 0 Å². The summed E-state index contributed by atoms with van der Waals surface area (Å²) in [6.07, 6.45) is -14.3. The van der Waals surface area contributed by atoms with Crippen molar-refractivity contribution in [2.75, 3.05) is 6.54 Å². The van der Waals surface area contributed by atoms with E-state index in [9.17, 15) is 35.8 Å². The maximum atomic E-state index is 13.5. The fraction of sp³-hybridized carbons (Fsp3) is 0.333. The van der Waals surface area contributed by atoms with Crippen LogP contribution < -0.4 is 14.8 Å². The highest BCUT2D eigenvalue weighted by Crippen LogP contribution is 2.41. The number of hydrogen-bond donors (Lipinski definition) is 2. The summed E-state index contributed by atoms with van der Waals surface area (Å²) in [5, 5.41) is 12.1. The number of halogens is 7. The third-order valence-electron chi connectivity index (χ3n) is 5.93. The van der Waals surface area contributed by atoms with Gasteiger partial charge in [-0.15, -0.1) is 0 Å². The van der Waals surface area contributed by atoms with Crippen molar-refractivity contribution in [3.8, 4) is 17.2 Å². The van der Waals surface area contributed by atoms with Crippen molar-refractivity contribution in [3.63, 3.8) is 0 Å². The zero-order chi connectivity index (χ0) is 27.5. The zero-order valence-corrected chi connectivity index (χ0v) is 19.8. The Morgan fingerprint density at radius 1 is 0.816 bits per heavy atom. The molecule has 1 aliphatic carbocycles. The van der Waals surface area contributed by atoms with Gasteiger partial charge in [0.2, 0.25) is 0 Å². The van der Waals surface area contributed by atoms with Crippen LogP contribution in [0.15, 0.2) is 72.8 Å². The normalized spacial score (nSPS) is 15.8. The van der Waals surface area contributed by atoms with Gasteiger partial charge in [-0.2, -0.15) is 30.7 Å². The van der Waals surface area contributed by atoms with Crippen LogP contribution in [0.2, 0.25) is 0 Å². The molecule has 0 aromatic heterocycles. The van der Waals surface area contributed by atoms with E-state index in [1.165, 1.54) is 12.1 Å². The number of rotatable bonds is 11. The molecule has 0 saturated heterocycles. The maximum Gasteiger partial charge on any atom is 0.461 e. The lowest BCUT2D eigenvalue weighted by atomic mass is 9.98. The van der Waals surface area contributed by atoms with E-state index >= 15 is 0 Å². The quantitative estimate of drug-likeness (QED) is 0.251. The monoisotopic (exact) mass is 543 g/mol. The standard InChI is InChI=1S/C27H24F7NO3/c28-25(29)27(33,34)38-22-9-3-6-19(14-22)24(35-15-23(36)26(30,31)32)18-5-2-8-21(13-18)37-20-7-1-4-17(12-20)16-10-11-16/h1-9,12-14,16,23-25,35-36H,10-11,15H2. The molecule has 11 heteroatoms. The SMILES string of the molecule is OC(CNC(c1cccc(Oc2cccc(C3CC3)c2)c1)c1cccc(OC(F)(F)C(F)F)c1)C(F)(F)F. The van der Waals surface area contributed by atoms with E-state index in [4.69, 9.17) is 4.74 Å². The highest BCUT2D eigenvalue weighted by atomic mass is 19.4. The molecule has 0 bridgehead atoms. The number of alkyl halides is 7. The molecule has 0 amide bonds. The Kier molecular flexibility index (Phi) is 8.17. The van der Waals surface area contributed by atoms with Crippen LogP contribution in [-0.4, -0.2) is 36.5 Å². The average molecular weight is 543 g/mol. The van der Waals surface area contributed by atoms with E-state index in [0.717, 1.165) is 30.5 Å². The van der Waals surface area contributed by atoms with Crippen molar-refractivity contribution < 1.29 is 45.3 Å². The van der Waals surface area contributed by atoms with Gasteiger partial charge in [0.1, 0.15) is 17.2 Å². The highest BCUT2D eigenvalue weighted by Gasteiger charge is 2.44. The Morgan fingerprint density at radius 2 is 1.37 bits per heavy atom. The Bertz CT molecular complexity index is 1230. The molecular formula is C27H24F7NO3. The topological polar surface area (TPSA) is 50.7 Å². The molecule has 4 nitrogen and oxygen atoms in total. The lowest BCUT2D eigenvalue weighted by molar-refractivity contribution is -0.253. The number of benzene rings is 3. The van der Waals surface area contributed by atoms with Crippen LogP contribution >= 0.6 is 0 Å². The largest absolute Gasteiger partial charge is 0.461 e. The summed E-state index contributed by atoms with van der Waals surface area (Å²) in [7, 11) is 0. The van der Waals surface area contributed by atoms with E-state index in [-0.39, 0.29) is 5.56 Å². The van der Waals surface area contributed by atoms with Gasteiger partial charge < -0.3 is 19.9 Å². The van der Waals surface area contributed by atoms with Crippen LogP contribution in [0.25, 0.3) is 0 Å². The molecule has 4 rings (SSSR count). The molecule has 2 N–H and O–H groups in total. The smallest absolute Gasteiger partial charge is 0.457 e. The molecule has 38 heavy (non-hydrogen) atoms. The maximum absolute atomic E-state index is 13.5. The van der Waals surface area contributed by atoms with Crippen molar-refractivity contribution in [1.82, 2.24) is 5.32 Å². The first-order valence-corrected chi connectivity index (χ1v) is 11.7. The third-order valence-corrected chi connectivity index (χ3v) is 5.93. The molecule has 0 radical (unpaired) electrons. The average Bonchev–Trinajstić information content (AvgIpc) is 3.70. The van der Waals surface area contributed by atoms with Crippen LogP contribution in [0.4, 0.5) is 30.7 Å². The zero-order valence-electron chi connectivity index (χ0n) is 19.8. The summed E-state index contributed by atoms with van der Waals surface area (Å²) in [5.74, 6) is 0.800. The van der Waals surface area contributed by atoms with Gasteiger partial charge in [0, 0.05) is 6.54 Å². The Balaban J connectivity index is 1.62. The first-order valence-electron chi connectivity index (χ1n) is 11.7. The predicted octanol–water partition coefficient (Wildman–Crippen LogP) is 7.20. The fourth-order valence-corrected chi connectivity index (χ4v) is 3.87. The summed E-state index contributed by atoms with van der Waals surface area (Å²) in [4.78, 5) is 0. The summed E-state index contributed by atoms with van der Waals surface area (Å²) in [5.41, 5.74) is 1.64. The molecular weight excluding hydrogens is 519 g/mol. The molecule has 3 aromatic rings.